The molecule has 0 aliphatic rings. The molecule has 0 amide bonds. The van der Waals surface area contributed by atoms with Crippen LogP contribution in [0.5, 0.6) is 11.5 Å². The molecular formula is C35H40O6. The van der Waals surface area contributed by atoms with Gasteiger partial charge in [-0.15, -0.1) is 0 Å². The highest BCUT2D eigenvalue weighted by Gasteiger charge is 2.23. The van der Waals surface area contributed by atoms with Crippen LogP contribution in [0.4, 0.5) is 0 Å². The topological polar surface area (TPSA) is 77.4 Å². The zero-order chi connectivity index (χ0) is 28.9. The van der Waals surface area contributed by atoms with Crippen LogP contribution in [0, 0.1) is 0 Å². The van der Waals surface area contributed by atoms with Gasteiger partial charge < -0.3 is 29.2 Å². The highest BCUT2D eigenvalue weighted by atomic mass is 16.5. The van der Waals surface area contributed by atoms with Crippen molar-refractivity contribution in [2.45, 2.75) is 44.7 Å². The second-order valence-corrected chi connectivity index (χ2v) is 10.6. The summed E-state index contributed by atoms with van der Waals surface area (Å²) in [6.45, 7) is 5.99. The first-order chi connectivity index (χ1) is 19.9. The lowest BCUT2D eigenvalue weighted by molar-refractivity contribution is 0.00548. The summed E-state index contributed by atoms with van der Waals surface area (Å²) in [6.07, 6.45) is -1.42. The Labute approximate surface area is 243 Å². The monoisotopic (exact) mass is 556 g/mol. The molecule has 0 fully saturated rings. The van der Waals surface area contributed by atoms with Crippen molar-refractivity contribution in [3.63, 3.8) is 0 Å². The van der Waals surface area contributed by atoms with Crippen LogP contribution < -0.4 is 9.47 Å². The van der Waals surface area contributed by atoms with Crippen molar-refractivity contribution in [2.75, 3.05) is 26.4 Å². The molecule has 0 radical (unpaired) electrons. The average molecular weight is 557 g/mol. The van der Waals surface area contributed by atoms with E-state index in [4.69, 9.17) is 18.9 Å². The van der Waals surface area contributed by atoms with Gasteiger partial charge in [0.15, 0.2) is 0 Å². The maximum atomic E-state index is 10.2. The third kappa shape index (κ3) is 9.73. The fraction of sp³-hybridized carbons (Fsp3) is 0.314. The summed E-state index contributed by atoms with van der Waals surface area (Å²) in [5, 5.41) is 20.4. The zero-order valence-corrected chi connectivity index (χ0v) is 23.8. The third-order valence-electron chi connectivity index (χ3n) is 6.88. The Hall–Kier alpha value is -3.68. The van der Waals surface area contributed by atoms with Gasteiger partial charge in [-0.2, -0.15) is 0 Å². The number of aliphatic hydroxyl groups is 2. The minimum Gasteiger partial charge on any atom is -0.491 e. The molecule has 0 bridgehead atoms. The van der Waals surface area contributed by atoms with Gasteiger partial charge in [-0.25, -0.2) is 0 Å². The molecule has 0 heterocycles. The Bertz CT molecular complexity index is 1170. The molecule has 6 nitrogen and oxygen atoms in total. The second kappa shape index (κ2) is 15.4. The summed E-state index contributed by atoms with van der Waals surface area (Å²) in [4.78, 5) is 0. The van der Waals surface area contributed by atoms with Crippen LogP contribution in [0.25, 0.3) is 0 Å². The average Bonchev–Trinajstić information content (AvgIpc) is 3.00. The van der Waals surface area contributed by atoms with E-state index in [9.17, 15) is 10.2 Å². The van der Waals surface area contributed by atoms with Gasteiger partial charge in [0, 0.05) is 5.41 Å². The lowest BCUT2D eigenvalue weighted by Crippen LogP contribution is -2.23. The van der Waals surface area contributed by atoms with Crippen LogP contribution in [-0.4, -0.2) is 48.8 Å². The summed E-state index contributed by atoms with van der Waals surface area (Å²) < 4.78 is 22.7. The quantitative estimate of drug-likeness (QED) is 0.178. The second-order valence-electron chi connectivity index (χ2n) is 10.6. The highest BCUT2D eigenvalue weighted by molar-refractivity contribution is 5.41. The number of hydrogen-bond donors (Lipinski definition) is 2. The van der Waals surface area contributed by atoms with Crippen molar-refractivity contribution in [3.05, 3.63) is 131 Å². The van der Waals surface area contributed by atoms with Gasteiger partial charge in [0.25, 0.3) is 0 Å². The first kappa shape index (κ1) is 30.3. The van der Waals surface area contributed by atoms with E-state index >= 15 is 0 Å². The molecule has 4 aromatic carbocycles. The van der Waals surface area contributed by atoms with Gasteiger partial charge in [0.1, 0.15) is 36.9 Å². The Morgan fingerprint density at radius 1 is 0.512 bits per heavy atom. The molecule has 0 saturated heterocycles. The zero-order valence-electron chi connectivity index (χ0n) is 23.8. The smallest absolute Gasteiger partial charge is 0.119 e. The van der Waals surface area contributed by atoms with E-state index in [-0.39, 0.29) is 31.8 Å². The van der Waals surface area contributed by atoms with E-state index in [1.165, 1.54) is 0 Å². The van der Waals surface area contributed by atoms with Crippen molar-refractivity contribution >= 4 is 0 Å². The summed E-state index contributed by atoms with van der Waals surface area (Å²) in [6, 6.07) is 35.6. The Balaban J connectivity index is 1.19. The summed E-state index contributed by atoms with van der Waals surface area (Å²) in [7, 11) is 0. The van der Waals surface area contributed by atoms with Crippen LogP contribution in [0.3, 0.4) is 0 Å². The maximum absolute atomic E-state index is 10.2. The Morgan fingerprint density at radius 2 is 0.878 bits per heavy atom. The van der Waals surface area contributed by atoms with E-state index in [0.29, 0.717) is 24.7 Å². The molecule has 0 spiro atoms. The number of aliphatic hydroxyl groups excluding tert-OH is 2. The predicted octanol–water partition coefficient (Wildman–Crippen LogP) is 5.93. The van der Waals surface area contributed by atoms with E-state index in [0.717, 1.165) is 22.3 Å². The SMILES string of the molecule is CC(C)(c1ccc(OCC(O)COCc2ccccc2)cc1)c1ccc(OCC(O)COCc2ccccc2)cc1. The molecule has 216 valence electrons. The van der Waals surface area contributed by atoms with Crippen LogP contribution in [0.15, 0.2) is 109 Å². The molecule has 4 rings (SSSR count). The molecule has 0 saturated carbocycles. The van der Waals surface area contributed by atoms with Crippen LogP contribution in [0.2, 0.25) is 0 Å². The molecule has 0 aromatic heterocycles. The summed E-state index contributed by atoms with van der Waals surface area (Å²) in [5.41, 5.74) is 4.17. The molecule has 2 N–H and O–H groups in total. The molecule has 0 aliphatic carbocycles. The molecule has 2 atom stereocenters. The predicted molar refractivity (Wildman–Crippen MR) is 160 cm³/mol. The lowest BCUT2D eigenvalue weighted by atomic mass is 9.78. The number of hydrogen-bond acceptors (Lipinski definition) is 6. The van der Waals surface area contributed by atoms with Gasteiger partial charge in [-0.3, -0.25) is 0 Å². The third-order valence-corrected chi connectivity index (χ3v) is 6.88. The van der Waals surface area contributed by atoms with E-state index < -0.39 is 12.2 Å². The minimum atomic E-state index is -0.710. The van der Waals surface area contributed by atoms with Crippen molar-refractivity contribution < 1.29 is 29.2 Å². The van der Waals surface area contributed by atoms with Crippen LogP contribution in [-0.2, 0) is 28.1 Å². The number of benzene rings is 4. The first-order valence-electron chi connectivity index (χ1n) is 14.0. The maximum Gasteiger partial charge on any atom is 0.119 e. The Morgan fingerprint density at radius 3 is 1.24 bits per heavy atom. The van der Waals surface area contributed by atoms with Crippen molar-refractivity contribution in [3.8, 4) is 11.5 Å². The van der Waals surface area contributed by atoms with Gasteiger partial charge in [0.2, 0.25) is 0 Å². The van der Waals surface area contributed by atoms with Gasteiger partial charge >= 0.3 is 0 Å². The van der Waals surface area contributed by atoms with E-state index in [1.807, 2.05) is 109 Å². The molecule has 4 aromatic rings. The fourth-order valence-corrected chi connectivity index (χ4v) is 4.36. The van der Waals surface area contributed by atoms with Crippen molar-refractivity contribution in [1.29, 1.82) is 0 Å². The minimum absolute atomic E-state index is 0.160. The van der Waals surface area contributed by atoms with Gasteiger partial charge in [0.05, 0.1) is 26.4 Å². The van der Waals surface area contributed by atoms with Crippen LogP contribution >= 0.6 is 0 Å². The van der Waals surface area contributed by atoms with Gasteiger partial charge in [-0.05, 0) is 46.5 Å². The highest BCUT2D eigenvalue weighted by Crippen LogP contribution is 2.33. The van der Waals surface area contributed by atoms with Crippen molar-refractivity contribution in [2.24, 2.45) is 0 Å². The molecular weight excluding hydrogens is 516 g/mol. The number of rotatable bonds is 16. The van der Waals surface area contributed by atoms with Crippen LogP contribution in [0.1, 0.15) is 36.1 Å². The first-order valence-corrected chi connectivity index (χ1v) is 14.0. The normalized spacial score (nSPS) is 13.0. The van der Waals surface area contributed by atoms with Gasteiger partial charge in [-0.1, -0.05) is 98.8 Å². The van der Waals surface area contributed by atoms with E-state index in [1.54, 1.807) is 0 Å². The largest absolute Gasteiger partial charge is 0.491 e. The standard InChI is InChI=1S/C35H40O6/c1-35(2,29-13-17-33(18-14-29)40-25-31(36)23-38-21-27-9-5-3-6-10-27)30-15-19-34(20-16-30)41-26-32(37)24-39-22-28-11-7-4-8-12-28/h3-20,31-32,36-37H,21-26H2,1-2H3. The Kier molecular flexibility index (Phi) is 11.3. The molecule has 6 heteroatoms. The summed E-state index contributed by atoms with van der Waals surface area (Å²) >= 11 is 0. The molecule has 2 unspecified atom stereocenters. The molecule has 0 aliphatic heterocycles. The van der Waals surface area contributed by atoms with Crippen molar-refractivity contribution in [1.82, 2.24) is 0 Å². The fourth-order valence-electron chi connectivity index (χ4n) is 4.36. The molecule has 41 heavy (non-hydrogen) atoms. The summed E-state index contributed by atoms with van der Waals surface area (Å²) in [5.74, 6) is 1.39. The lowest BCUT2D eigenvalue weighted by Gasteiger charge is -2.26. The van der Waals surface area contributed by atoms with E-state index in [2.05, 4.69) is 13.8 Å². The number of ether oxygens (including phenoxy) is 4.